The molecule has 0 aliphatic rings. The van der Waals surface area contributed by atoms with E-state index in [4.69, 9.17) is 9.15 Å². The second-order valence-electron chi connectivity index (χ2n) is 6.80. The standard InChI is InChI=1S/C23H21BrN4O5/c1-15-5-2-3-7-19(15)27-22(30)23(31)28-26-12-16-11-17(24)8-9-20(16)33-14-21(29)25-13-18-6-4-10-32-18/h2-12H,13-14H2,1H3,(H,25,29)(H,27,30)(H,28,31)/b26-12-. The molecule has 33 heavy (non-hydrogen) atoms. The Morgan fingerprint density at radius 1 is 1.09 bits per heavy atom. The van der Waals surface area contributed by atoms with E-state index in [1.165, 1.54) is 12.5 Å². The molecular weight excluding hydrogens is 492 g/mol. The lowest BCUT2D eigenvalue weighted by Crippen LogP contribution is -2.32. The summed E-state index contributed by atoms with van der Waals surface area (Å²) in [7, 11) is 0. The number of hydrogen-bond donors (Lipinski definition) is 3. The van der Waals surface area contributed by atoms with Crippen molar-refractivity contribution in [3.8, 4) is 5.75 Å². The summed E-state index contributed by atoms with van der Waals surface area (Å²) in [5.74, 6) is -1.11. The third-order valence-corrected chi connectivity index (χ3v) is 4.83. The Morgan fingerprint density at radius 3 is 2.67 bits per heavy atom. The maximum absolute atomic E-state index is 12.1. The maximum Gasteiger partial charge on any atom is 0.329 e. The Labute approximate surface area is 198 Å². The van der Waals surface area contributed by atoms with Crippen LogP contribution in [0.15, 0.2) is 74.9 Å². The average Bonchev–Trinajstić information content (AvgIpc) is 3.32. The number of nitrogens with one attached hydrogen (secondary N) is 3. The van der Waals surface area contributed by atoms with Gasteiger partial charge in [0, 0.05) is 15.7 Å². The van der Waals surface area contributed by atoms with Crippen molar-refractivity contribution >= 4 is 45.6 Å². The van der Waals surface area contributed by atoms with Gasteiger partial charge in [-0.05, 0) is 48.9 Å². The zero-order valence-electron chi connectivity index (χ0n) is 17.6. The third-order valence-electron chi connectivity index (χ3n) is 4.34. The van der Waals surface area contributed by atoms with E-state index in [-0.39, 0.29) is 19.1 Å². The van der Waals surface area contributed by atoms with Crippen LogP contribution in [0.25, 0.3) is 0 Å². The van der Waals surface area contributed by atoms with Crippen LogP contribution in [0.1, 0.15) is 16.9 Å². The second kappa shape index (κ2) is 11.6. The van der Waals surface area contributed by atoms with Gasteiger partial charge in [-0.3, -0.25) is 14.4 Å². The quantitative estimate of drug-likeness (QED) is 0.243. The molecule has 3 N–H and O–H groups in total. The first kappa shape index (κ1) is 23.7. The molecule has 0 bridgehead atoms. The van der Waals surface area contributed by atoms with Crippen molar-refractivity contribution in [3.05, 3.63) is 82.2 Å². The molecule has 9 nitrogen and oxygen atoms in total. The number of para-hydroxylation sites is 1. The van der Waals surface area contributed by atoms with Gasteiger partial charge in [0.15, 0.2) is 6.61 Å². The summed E-state index contributed by atoms with van der Waals surface area (Å²) < 4.78 is 11.5. The number of benzene rings is 2. The lowest BCUT2D eigenvalue weighted by molar-refractivity contribution is -0.136. The fourth-order valence-electron chi connectivity index (χ4n) is 2.65. The van der Waals surface area contributed by atoms with Crippen molar-refractivity contribution in [2.24, 2.45) is 5.10 Å². The van der Waals surface area contributed by atoms with Gasteiger partial charge in [0.05, 0.1) is 19.0 Å². The average molecular weight is 513 g/mol. The number of hydrogen-bond acceptors (Lipinski definition) is 6. The normalized spacial score (nSPS) is 10.6. The van der Waals surface area contributed by atoms with E-state index in [0.29, 0.717) is 22.8 Å². The van der Waals surface area contributed by atoms with Gasteiger partial charge < -0.3 is 19.8 Å². The molecule has 0 unspecified atom stereocenters. The fourth-order valence-corrected chi connectivity index (χ4v) is 3.03. The topological polar surface area (TPSA) is 122 Å². The van der Waals surface area contributed by atoms with Gasteiger partial charge in [-0.15, -0.1) is 0 Å². The summed E-state index contributed by atoms with van der Waals surface area (Å²) in [6, 6.07) is 15.7. The molecule has 1 heterocycles. The van der Waals surface area contributed by atoms with E-state index in [9.17, 15) is 14.4 Å². The van der Waals surface area contributed by atoms with Crippen LogP contribution in [0, 0.1) is 6.92 Å². The molecule has 3 amide bonds. The zero-order valence-corrected chi connectivity index (χ0v) is 19.2. The number of nitrogens with zero attached hydrogens (tertiary/aromatic N) is 1. The highest BCUT2D eigenvalue weighted by molar-refractivity contribution is 9.10. The lowest BCUT2D eigenvalue weighted by atomic mass is 10.2. The van der Waals surface area contributed by atoms with E-state index in [0.717, 1.165) is 10.0 Å². The Hall–Kier alpha value is -3.92. The largest absolute Gasteiger partial charge is 0.483 e. The number of carbonyl (C=O) groups excluding carboxylic acids is 3. The van der Waals surface area contributed by atoms with Gasteiger partial charge in [0.1, 0.15) is 11.5 Å². The van der Waals surface area contributed by atoms with Gasteiger partial charge in [-0.25, -0.2) is 5.43 Å². The molecule has 0 fully saturated rings. The highest BCUT2D eigenvalue weighted by atomic mass is 79.9. The number of aryl methyl sites for hydroxylation is 1. The number of hydrazone groups is 1. The number of ether oxygens (including phenoxy) is 1. The molecule has 3 rings (SSSR count). The van der Waals surface area contributed by atoms with E-state index >= 15 is 0 Å². The van der Waals surface area contributed by atoms with Crippen LogP contribution in [-0.4, -0.2) is 30.5 Å². The SMILES string of the molecule is Cc1ccccc1NC(=O)C(=O)N/N=C\c1cc(Br)ccc1OCC(=O)NCc1ccco1. The van der Waals surface area contributed by atoms with Crippen molar-refractivity contribution in [1.82, 2.24) is 10.7 Å². The van der Waals surface area contributed by atoms with Gasteiger partial charge in [0.2, 0.25) is 0 Å². The number of furan rings is 1. The molecule has 0 saturated heterocycles. The van der Waals surface area contributed by atoms with Gasteiger partial charge >= 0.3 is 11.8 Å². The van der Waals surface area contributed by atoms with Crippen molar-refractivity contribution in [3.63, 3.8) is 0 Å². The van der Waals surface area contributed by atoms with E-state index in [2.05, 4.69) is 37.1 Å². The molecule has 0 radical (unpaired) electrons. The summed E-state index contributed by atoms with van der Waals surface area (Å²) in [5, 5.41) is 9.03. The summed E-state index contributed by atoms with van der Waals surface area (Å²) in [6.07, 6.45) is 2.84. The lowest BCUT2D eigenvalue weighted by Gasteiger charge is -2.10. The van der Waals surface area contributed by atoms with Crippen LogP contribution in [0.3, 0.4) is 0 Å². The Morgan fingerprint density at radius 2 is 1.91 bits per heavy atom. The van der Waals surface area contributed by atoms with Crippen LogP contribution in [0.5, 0.6) is 5.75 Å². The first-order chi connectivity index (χ1) is 15.9. The van der Waals surface area contributed by atoms with E-state index < -0.39 is 11.8 Å². The highest BCUT2D eigenvalue weighted by Crippen LogP contribution is 2.21. The first-order valence-corrected chi connectivity index (χ1v) is 10.6. The molecule has 0 aliphatic carbocycles. The van der Waals surface area contributed by atoms with Crippen molar-refractivity contribution in [2.75, 3.05) is 11.9 Å². The minimum atomic E-state index is -0.927. The molecule has 0 aliphatic heterocycles. The predicted molar refractivity (Wildman–Crippen MR) is 126 cm³/mol. The molecule has 0 saturated carbocycles. The number of anilines is 1. The van der Waals surface area contributed by atoms with Crippen molar-refractivity contribution in [2.45, 2.75) is 13.5 Å². The molecular formula is C23H21BrN4O5. The Balaban J connectivity index is 1.54. The smallest absolute Gasteiger partial charge is 0.329 e. The third kappa shape index (κ3) is 7.32. The summed E-state index contributed by atoms with van der Waals surface area (Å²) in [5.41, 5.74) is 4.03. The number of rotatable bonds is 8. The van der Waals surface area contributed by atoms with Crippen LogP contribution < -0.4 is 20.8 Å². The molecule has 0 atom stereocenters. The molecule has 10 heteroatoms. The molecule has 0 spiro atoms. The molecule has 170 valence electrons. The van der Waals surface area contributed by atoms with E-state index in [1.54, 1.807) is 42.5 Å². The summed E-state index contributed by atoms with van der Waals surface area (Å²) in [4.78, 5) is 36.1. The van der Waals surface area contributed by atoms with Crippen LogP contribution in [0.4, 0.5) is 5.69 Å². The number of amides is 3. The Bertz CT molecular complexity index is 1160. The Kier molecular flexibility index (Phi) is 8.36. The van der Waals surface area contributed by atoms with Crippen molar-refractivity contribution < 1.29 is 23.5 Å². The summed E-state index contributed by atoms with van der Waals surface area (Å²) >= 11 is 3.35. The highest BCUT2D eigenvalue weighted by Gasteiger charge is 2.14. The van der Waals surface area contributed by atoms with Gasteiger partial charge in [0.25, 0.3) is 5.91 Å². The minimum absolute atomic E-state index is 0.228. The second-order valence-corrected chi connectivity index (χ2v) is 7.71. The van der Waals surface area contributed by atoms with E-state index in [1.807, 2.05) is 19.1 Å². The van der Waals surface area contributed by atoms with Crippen LogP contribution in [0.2, 0.25) is 0 Å². The fraction of sp³-hybridized carbons (Fsp3) is 0.130. The first-order valence-electron chi connectivity index (χ1n) is 9.84. The molecule has 2 aromatic carbocycles. The van der Waals surface area contributed by atoms with Gasteiger partial charge in [-0.2, -0.15) is 5.10 Å². The van der Waals surface area contributed by atoms with Crippen LogP contribution >= 0.6 is 15.9 Å². The van der Waals surface area contributed by atoms with Crippen molar-refractivity contribution in [1.29, 1.82) is 0 Å². The zero-order chi connectivity index (χ0) is 23.6. The maximum atomic E-state index is 12.1. The number of carbonyl (C=O) groups is 3. The predicted octanol–water partition coefficient (Wildman–Crippen LogP) is 3.13. The minimum Gasteiger partial charge on any atom is -0.483 e. The van der Waals surface area contributed by atoms with Crippen LogP contribution in [-0.2, 0) is 20.9 Å². The monoisotopic (exact) mass is 512 g/mol. The molecule has 3 aromatic rings. The molecule has 1 aromatic heterocycles. The number of halogens is 1. The van der Waals surface area contributed by atoms with Gasteiger partial charge in [-0.1, -0.05) is 34.1 Å². The summed E-state index contributed by atoms with van der Waals surface area (Å²) in [6.45, 7) is 1.84.